The van der Waals surface area contributed by atoms with Gasteiger partial charge in [0, 0.05) is 28.3 Å². The van der Waals surface area contributed by atoms with Crippen LogP contribution in [0.2, 0.25) is 5.02 Å². The van der Waals surface area contributed by atoms with Crippen LogP contribution in [0.15, 0.2) is 77.8 Å². The van der Waals surface area contributed by atoms with Crippen molar-refractivity contribution in [3.05, 3.63) is 118 Å². The summed E-state index contributed by atoms with van der Waals surface area (Å²) in [4.78, 5) is 3.86. The van der Waals surface area contributed by atoms with Crippen molar-refractivity contribution >= 4 is 11.6 Å². The molecule has 0 aliphatic rings. The van der Waals surface area contributed by atoms with Crippen molar-refractivity contribution in [2.45, 2.75) is 31.6 Å². The Labute approximate surface area is 230 Å². The molecule has 0 unspecified atom stereocenters. The molecule has 0 radical (unpaired) electrons. The summed E-state index contributed by atoms with van der Waals surface area (Å²) in [7, 11) is 0. The van der Waals surface area contributed by atoms with Crippen LogP contribution in [0.3, 0.4) is 0 Å². The lowest BCUT2D eigenvalue weighted by Crippen LogP contribution is -2.38. The lowest BCUT2D eigenvalue weighted by molar-refractivity contribution is -0.0181. The molecule has 2 aromatic heterocycles. The van der Waals surface area contributed by atoms with Crippen LogP contribution in [0, 0.1) is 23.3 Å². The van der Waals surface area contributed by atoms with E-state index in [9.17, 15) is 22.7 Å². The first kappa shape index (κ1) is 27.4. The van der Waals surface area contributed by atoms with E-state index in [2.05, 4.69) is 15.2 Å². The van der Waals surface area contributed by atoms with Gasteiger partial charge in [0.1, 0.15) is 65.3 Å². The maximum absolute atomic E-state index is 14.8. The highest BCUT2D eigenvalue weighted by molar-refractivity contribution is 6.30. The molecule has 40 heavy (non-hydrogen) atoms. The Kier molecular flexibility index (Phi) is 7.59. The third-order valence-electron chi connectivity index (χ3n) is 6.58. The second-order valence-electron chi connectivity index (χ2n) is 9.14. The Morgan fingerprint density at radius 2 is 1.73 bits per heavy atom. The van der Waals surface area contributed by atoms with Gasteiger partial charge in [0.25, 0.3) is 0 Å². The van der Waals surface area contributed by atoms with Gasteiger partial charge in [-0.2, -0.15) is 5.10 Å². The van der Waals surface area contributed by atoms with E-state index in [0.29, 0.717) is 23.1 Å². The summed E-state index contributed by atoms with van der Waals surface area (Å²) in [5.41, 5.74) is -1.28. The Hall–Kier alpha value is -4.22. The molecule has 0 aliphatic carbocycles. The Morgan fingerprint density at radius 3 is 2.38 bits per heavy atom. The fourth-order valence-electron chi connectivity index (χ4n) is 4.31. The fraction of sp³-hybridized carbons (Fsp3) is 0.179. The van der Waals surface area contributed by atoms with Crippen molar-refractivity contribution in [2.24, 2.45) is 0 Å². The van der Waals surface area contributed by atoms with Gasteiger partial charge in [0.2, 0.25) is 0 Å². The molecule has 206 valence electrons. The van der Waals surface area contributed by atoms with E-state index in [0.717, 1.165) is 18.2 Å². The highest BCUT2D eigenvalue weighted by Crippen LogP contribution is 2.40. The van der Waals surface area contributed by atoms with Gasteiger partial charge in [-0.3, -0.25) is 0 Å². The van der Waals surface area contributed by atoms with Crippen molar-refractivity contribution in [2.75, 3.05) is 0 Å². The van der Waals surface area contributed by atoms with Crippen LogP contribution in [0.25, 0.3) is 11.3 Å². The number of ether oxygens (including phenoxy) is 1. The smallest absolute Gasteiger partial charge is 0.143 e. The van der Waals surface area contributed by atoms with E-state index >= 15 is 0 Å². The third-order valence-corrected chi connectivity index (χ3v) is 6.80. The Balaban J connectivity index is 1.36. The minimum atomic E-state index is -1.91. The van der Waals surface area contributed by atoms with Crippen molar-refractivity contribution in [1.29, 1.82) is 0 Å². The summed E-state index contributed by atoms with van der Waals surface area (Å²) >= 11 is 5.65. The first-order chi connectivity index (χ1) is 19.1. The van der Waals surface area contributed by atoms with Crippen LogP contribution in [0.4, 0.5) is 17.6 Å². The van der Waals surface area contributed by atoms with Gasteiger partial charge in [0.15, 0.2) is 0 Å². The Bertz CT molecular complexity index is 1610. The first-order valence-electron chi connectivity index (χ1n) is 12.0. The fourth-order valence-corrected chi connectivity index (χ4v) is 4.50. The number of benzene rings is 3. The number of hydrogen-bond donors (Lipinski definition) is 1. The van der Waals surface area contributed by atoms with Crippen LogP contribution in [0.5, 0.6) is 5.75 Å². The topological polar surface area (TPSA) is 86.2 Å². The summed E-state index contributed by atoms with van der Waals surface area (Å²) in [6, 6.07) is 13.0. The molecule has 0 bridgehead atoms. The molecule has 7 nitrogen and oxygen atoms in total. The molecule has 12 heteroatoms. The number of nitrogens with zero attached hydrogens (tertiary/aromatic N) is 4. The van der Waals surface area contributed by atoms with Gasteiger partial charge in [-0.1, -0.05) is 29.7 Å². The molecule has 0 fully saturated rings. The molecule has 5 rings (SSSR count). The first-order valence-corrected chi connectivity index (χ1v) is 12.4. The van der Waals surface area contributed by atoms with Gasteiger partial charge in [0.05, 0.1) is 18.0 Å². The van der Waals surface area contributed by atoms with E-state index in [1.807, 2.05) is 0 Å². The number of halogens is 5. The predicted molar refractivity (Wildman–Crippen MR) is 136 cm³/mol. The highest BCUT2D eigenvalue weighted by Gasteiger charge is 2.42. The maximum atomic E-state index is 14.8. The minimum absolute atomic E-state index is 0.0518. The standard InChI is InChI=1S/C28H21ClF4N4O3/c1-16(28(38,13-37-15-34-14-35-37)22-7-4-19(30)10-25(22)33)27-11-26(36-40-27)17-2-5-20(6-3-17)39-12-21-23(31)8-18(29)9-24(21)32/h2-11,14-16,38H,12-13H2,1H3/t16-,28+/m0/s1. The molecule has 0 amide bonds. The summed E-state index contributed by atoms with van der Waals surface area (Å²) in [6.07, 6.45) is 2.64. The summed E-state index contributed by atoms with van der Waals surface area (Å²) in [6.45, 7) is 1.08. The Morgan fingerprint density at radius 1 is 1.00 bits per heavy atom. The SMILES string of the molecule is C[C@@H](c1cc(-c2ccc(OCc3c(F)cc(Cl)cc3F)cc2)no1)[C@](O)(Cn1cncn1)c1ccc(F)cc1F. The van der Waals surface area contributed by atoms with Gasteiger partial charge in [-0.05, 0) is 42.5 Å². The zero-order valence-electron chi connectivity index (χ0n) is 20.9. The van der Waals surface area contributed by atoms with Crippen molar-refractivity contribution in [3.8, 4) is 17.0 Å². The molecule has 0 saturated carbocycles. The monoisotopic (exact) mass is 572 g/mol. The van der Waals surface area contributed by atoms with Crippen LogP contribution >= 0.6 is 11.6 Å². The van der Waals surface area contributed by atoms with E-state index in [-0.39, 0.29) is 35.1 Å². The predicted octanol–water partition coefficient (Wildman–Crippen LogP) is 6.41. The highest BCUT2D eigenvalue weighted by atomic mass is 35.5. The molecular formula is C28H21ClF4N4O3. The maximum Gasteiger partial charge on any atom is 0.143 e. The number of rotatable bonds is 9. The van der Waals surface area contributed by atoms with Crippen molar-refractivity contribution in [1.82, 2.24) is 19.9 Å². The summed E-state index contributed by atoms with van der Waals surface area (Å²) in [5.74, 6) is -3.60. The molecule has 1 N–H and O–H groups in total. The number of hydrogen-bond acceptors (Lipinski definition) is 6. The molecule has 3 aromatic carbocycles. The number of aliphatic hydroxyl groups is 1. The van der Waals surface area contributed by atoms with Gasteiger partial charge >= 0.3 is 0 Å². The summed E-state index contributed by atoms with van der Waals surface area (Å²) < 4.78 is 68.9. The van der Waals surface area contributed by atoms with Crippen LogP contribution in [-0.2, 0) is 18.8 Å². The van der Waals surface area contributed by atoms with E-state index < -0.39 is 34.8 Å². The lowest BCUT2D eigenvalue weighted by Gasteiger charge is -2.33. The van der Waals surface area contributed by atoms with Gasteiger partial charge in [-0.25, -0.2) is 27.2 Å². The molecule has 2 atom stereocenters. The van der Waals surface area contributed by atoms with Crippen LogP contribution in [0.1, 0.15) is 29.7 Å². The van der Waals surface area contributed by atoms with E-state index in [4.69, 9.17) is 20.9 Å². The molecule has 0 aliphatic heterocycles. The van der Waals surface area contributed by atoms with E-state index in [1.165, 1.54) is 23.4 Å². The van der Waals surface area contributed by atoms with Crippen molar-refractivity contribution in [3.63, 3.8) is 0 Å². The molecular weight excluding hydrogens is 552 g/mol. The number of aromatic nitrogens is 4. The average molecular weight is 573 g/mol. The van der Waals surface area contributed by atoms with E-state index in [1.54, 1.807) is 37.3 Å². The summed E-state index contributed by atoms with van der Waals surface area (Å²) in [5, 5.41) is 19.8. The second-order valence-corrected chi connectivity index (χ2v) is 9.58. The average Bonchev–Trinajstić information content (AvgIpc) is 3.60. The minimum Gasteiger partial charge on any atom is -0.489 e. The molecule has 2 heterocycles. The van der Waals surface area contributed by atoms with Crippen LogP contribution in [-0.4, -0.2) is 25.0 Å². The molecule has 0 saturated heterocycles. The zero-order valence-corrected chi connectivity index (χ0v) is 21.6. The lowest BCUT2D eigenvalue weighted by atomic mass is 9.80. The van der Waals surface area contributed by atoms with Crippen molar-refractivity contribution < 1.29 is 31.9 Å². The second kappa shape index (κ2) is 11.1. The largest absolute Gasteiger partial charge is 0.489 e. The normalized spacial score (nSPS) is 13.7. The zero-order chi connectivity index (χ0) is 28.4. The molecule has 0 spiro atoms. The van der Waals surface area contributed by atoms with Crippen LogP contribution < -0.4 is 4.74 Å². The van der Waals surface area contributed by atoms with Gasteiger partial charge < -0.3 is 14.4 Å². The third kappa shape index (κ3) is 5.56. The quantitative estimate of drug-likeness (QED) is 0.205. The van der Waals surface area contributed by atoms with Gasteiger partial charge in [-0.15, -0.1) is 0 Å². The molecule has 5 aromatic rings.